The van der Waals surface area contributed by atoms with E-state index in [0.29, 0.717) is 24.1 Å². The highest BCUT2D eigenvalue weighted by Crippen LogP contribution is 2.38. The molecule has 0 aromatic heterocycles. The van der Waals surface area contributed by atoms with Gasteiger partial charge in [-0.15, -0.1) is 0 Å². The fraction of sp³-hybridized carbons (Fsp3) is 0.804. The van der Waals surface area contributed by atoms with Crippen LogP contribution < -0.4 is 4.89 Å². The van der Waals surface area contributed by atoms with Crippen LogP contribution in [-0.4, -0.2) is 70.7 Å². The van der Waals surface area contributed by atoms with Crippen LogP contribution in [0.15, 0.2) is 60.8 Å². The number of hydrogen-bond acceptors (Lipinski definition) is 7. The molecule has 0 saturated carbocycles. The zero-order valence-corrected chi connectivity index (χ0v) is 44.1. The molecule has 2 atom stereocenters. The fourth-order valence-electron chi connectivity index (χ4n) is 7.47. The quantitative estimate of drug-likeness (QED) is 0.0197. The number of carbonyl (C=O) groups is 1. The summed E-state index contributed by atoms with van der Waals surface area (Å²) in [6.45, 7) is 5.25. The van der Waals surface area contributed by atoms with Crippen molar-refractivity contribution in [3.63, 3.8) is 0 Å². The topological polar surface area (TPSA) is 94.1 Å². The van der Waals surface area contributed by atoms with Gasteiger partial charge in [-0.1, -0.05) is 235 Å². The van der Waals surface area contributed by atoms with Crippen LogP contribution in [0.5, 0.6) is 0 Å². The van der Waals surface area contributed by atoms with E-state index >= 15 is 0 Å². The minimum Gasteiger partial charge on any atom is -0.756 e. The van der Waals surface area contributed by atoms with Crippen LogP contribution in [-0.2, 0) is 27.9 Å². The van der Waals surface area contributed by atoms with Crippen molar-refractivity contribution in [1.82, 2.24) is 0 Å². The first kappa shape index (κ1) is 63.2. The average Bonchev–Trinajstić information content (AvgIpc) is 3.27. The molecule has 0 aromatic rings. The van der Waals surface area contributed by atoms with Gasteiger partial charge in [-0.05, 0) is 51.4 Å². The molecule has 0 radical (unpaired) electrons. The number of ether oxygens (including phenoxy) is 2. The molecule has 0 saturated heterocycles. The van der Waals surface area contributed by atoms with Gasteiger partial charge in [0, 0.05) is 13.0 Å². The number of phosphoric acid groups is 1. The number of likely N-dealkylation sites (N-methyl/N-ethyl adjacent to an activating group) is 1. The predicted molar refractivity (Wildman–Crippen MR) is 277 cm³/mol. The van der Waals surface area contributed by atoms with Gasteiger partial charge in [-0.25, -0.2) is 0 Å². The van der Waals surface area contributed by atoms with Crippen LogP contribution in [0.3, 0.4) is 0 Å². The third-order valence-corrected chi connectivity index (χ3v) is 12.5. The smallest absolute Gasteiger partial charge is 0.306 e. The molecule has 65 heavy (non-hydrogen) atoms. The summed E-state index contributed by atoms with van der Waals surface area (Å²) in [5.74, 6) is -0.388. The zero-order valence-electron chi connectivity index (χ0n) is 43.2. The predicted octanol–water partition coefficient (Wildman–Crippen LogP) is 16.2. The number of nitrogens with zero attached hydrogens (tertiary/aromatic N) is 1. The molecular weight excluding hydrogens is 830 g/mol. The van der Waals surface area contributed by atoms with E-state index in [1.54, 1.807) is 0 Å². The van der Waals surface area contributed by atoms with Crippen LogP contribution in [0.25, 0.3) is 0 Å². The third-order valence-electron chi connectivity index (χ3n) is 11.6. The third kappa shape index (κ3) is 53.0. The van der Waals surface area contributed by atoms with Crippen LogP contribution in [0, 0.1) is 0 Å². The molecule has 0 heterocycles. The van der Waals surface area contributed by atoms with Gasteiger partial charge in [0.1, 0.15) is 19.3 Å². The molecule has 0 bridgehead atoms. The Bertz CT molecular complexity index is 1220. The highest BCUT2D eigenvalue weighted by atomic mass is 31.2. The van der Waals surface area contributed by atoms with Crippen molar-refractivity contribution in [2.24, 2.45) is 0 Å². The van der Waals surface area contributed by atoms with Gasteiger partial charge in [-0.2, -0.15) is 0 Å². The summed E-state index contributed by atoms with van der Waals surface area (Å²) < 4.78 is 34.7. The Labute approximate surface area is 402 Å². The molecule has 0 rings (SSSR count). The number of allylic oxidation sites excluding steroid dienone is 10. The molecule has 0 aliphatic heterocycles. The van der Waals surface area contributed by atoms with Gasteiger partial charge in [0.05, 0.1) is 34.4 Å². The van der Waals surface area contributed by atoms with Gasteiger partial charge < -0.3 is 27.9 Å². The Kier molecular flexibility index (Phi) is 47.3. The first-order chi connectivity index (χ1) is 31.6. The van der Waals surface area contributed by atoms with Crippen molar-refractivity contribution >= 4 is 13.8 Å². The standard InChI is InChI=1S/C56H104NO7P/c1-6-8-10-12-14-16-18-20-22-24-25-26-27-28-29-30-31-32-34-36-38-40-42-44-46-48-51-61-53-55(54-63-65(59,60)62-52-50-57(3,4)5)64-56(58)49-47-45-43-41-39-37-35-33-23-21-19-17-15-13-11-9-7-2/h9,11,15,17,21,23,35,37,41,43,55H,6-8,10,12-14,16,18-20,22,24-34,36,38-40,42,44-54H2,1-5H3/b11-9-,17-15-,23-21-,37-35-,43-41-. The summed E-state index contributed by atoms with van der Waals surface area (Å²) in [5.41, 5.74) is 0. The van der Waals surface area contributed by atoms with Crippen LogP contribution in [0.2, 0.25) is 0 Å². The minimum absolute atomic E-state index is 0.0145. The summed E-state index contributed by atoms with van der Waals surface area (Å²) in [6.07, 6.45) is 62.8. The normalized spacial score (nSPS) is 14.0. The van der Waals surface area contributed by atoms with Crippen molar-refractivity contribution < 1.29 is 37.3 Å². The Hall–Kier alpha value is -1.80. The summed E-state index contributed by atoms with van der Waals surface area (Å²) in [4.78, 5) is 25.1. The Balaban J connectivity index is 4.10. The van der Waals surface area contributed by atoms with Crippen molar-refractivity contribution in [2.45, 2.75) is 238 Å². The van der Waals surface area contributed by atoms with Crippen LogP contribution in [0.4, 0.5) is 0 Å². The number of unbranched alkanes of at least 4 members (excludes halogenated alkanes) is 26. The summed E-state index contributed by atoms with van der Waals surface area (Å²) >= 11 is 0. The minimum atomic E-state index is -4.55. The Morgan fingerprint density at radius 1 is 0.492 bits per heavy atom. The molecule has 9 heteroatoms. The first-order valence-corrected chi connectivity index (χ1v) is 28.5. The number of carbonyl (C=O) groups excluding carboxylic acids is 1. The van der Waals surface area contributed by atoms with Gasteiger partial charge in [0.25, 0.3) is 7.82 Å². The van der Waals surface area contributed by atoms with Crippen LogP contribution >= 0.6 is 7.82 Å². The number of hydrogen-bond donors (Lipinski definition) is 0. The highest BCUT2D eigenvalue weighted by molar-refractivity contribution is 7.45. The lowest BCUT2D eigenvalue weighted by atomic mass is 10.0. The molecule has 0 N–H and O–H groups in total. The van der Waals surface area contributed by atoms with E-state index in [4.69, 9.17) is 18.5 Å². The summed E-state index contributed by atoms with van der Waals surface area (Å²) in [5, 5.41) is 0. The first-order valence-electron chi connectivity index (χ1n) is 27.0. The Morgan fingerprint density at radius 3 is 1.28 bits per heavy atom. The molecule has 380 valence electrons. The van der Waals surface area contributed by atoms with E-state index in [9.17, 15) is 14.3 Å². The van der Waals surface area contributed by atoms with E-state index in [1.165, 1.54) is 154 Å². The molecule has 0 aliphatic rings. The zero-order chi connectivity index (χ0) is 47.6. The van der Waals surface area contributed by atoms with Crippen molar-refractivity contribution in [3.05, 3.63) is 60.8 Å². The maximum atomic E-state index is 12.7. The number of quaternary nitrogens is 1. The van der Waals surface area contributed by atoms with Gasteiger partial charge in [0.15, 0.2) is 0 Å². The second kappa shape index (κ2) is 48.6. The van der Waals surface area contributed by atoms with Gasteiger partial charge in [0.2, 0.25) is 0 Å². The SMILES string of the molecule is CC/C=C\C/C=C\C/C=C\C/C=C\C/C=C\CCCC(=O)OC(COCCCCCCCCCCCCCCCCCCCCCCCCCCCC)COP(=O)([O-])OCC[N+](C)(C)C. The van der Waals surface area contributed by atoms with E-state index in [1.807, 2.05) is 21.1 Å². The lowest BCUT2D eigenvalue weighted by Crippen LogP contribution is -2.37. The molecule has 2 unspecified atom stereocenters. The Morgan fingerprint density at radius 2 is 0.877 bits per heavy atom. The fourth-order valence-corrected chi connectivity index (χ4v) is 8.20. The second-order valence-corrected chi connectivity index (χ2v) is 20.6. The van der Waals surface area contributed by atoms with Gasteiger partial charge >= 0.3 is 5.97 Å². The number of esters is 1. The highest BCUT2D eigenvalue weighted by Gasteiger charge is 2.20. The van der Waals surface area contributed by atoms with Crippen molar-refractivity contribution in [3.8, 4) is 0 Å². The summed E-state index contributed by atoms with van der Waals surface area (Å²) in [7, 11) is 1.32. The molecule has 0 aliphatic carbocycles. The monoisotopic (exact) mass is 934 g/mol. The largest absolute Gasteiger partial charge is 0.756 e. The van der Waals surface area contributed by atoms with Gasteiger partial charge in [-0.3, -0.25) is 9.36 Å². The van der Waals surface area contributed by atoms with E-state index in [-0.39, 0.29) is 32.2 Å². The number of rotatable bonds is 50. The molecule has 0 amide bonds. The molecule has 8 nitrogen and oxygen atoms in total. The van der Waals surface area contributed by atoms with Crippen molar-refractivity contribution in [1.29, 1.82) is 0 Å². The number of phosphoric ester groups is 1. The second-order valence-electron chi connectivity index (χ2n) is 19.2. The summed E-state index contributed by atoms with van der Waals surface area (Å²) in [6, 6.07) is 0. The molecule has 0 spiro atoms. The average molecular weight is 934 g/mol. The van der Waals surface area contributed by atoms with E-state index in [0.717, 1.165) is 51.4 Å². The maximum absolute atomic E-state index is 12.7. The molecular formula is C56H104NO7P. The van der Waals surface area contributed by atoms with Crippen LogP contribution in [0.1, 0.15) is 232 Å². The lowest BCUT2D eigenvalue weighted by molar-refractivity contribution is -0.870. The molecule has 0 aromatic carbocycles. The maximum Gasteiger partial charge on any atom is 0.306 e. The van der Waals surface area contributed by atoms with Crippen molar-refractivity contribution in [2.75, 3.05) is 54.1 Å². The molecule has 0 fully saturated rings. The van der Waals surface area contributed by atoms with E-state index in [2.05, 4.69) is 74.6 Å². The lowest BCUT2D eigenvalue weighted by Gasteiger charge is -2.28. The van der Waals surface area contributed by atoms with E-state index < -0.39 is 13.9 Å².